The van der Waals surface area contributed by atoms with Crippen LogP contribution in [-0.4, -0.2) is 9.97 Å². The summed E-state index contributed by atoms with van der Waals surface area (Å²) in [5, 5.41) is 0.589. The van der Waals surface area contributed by atoms with Crippen molar-refractivity contribution in [3.05, 3.63) is 77.1 Å². The highest BCUT2D eigenvalue weighted by Crippen LogP contribution is 2.30. The SMILES string of the molecule is Fc1ccccc1-c1cc(Cl)ccc1Cc1ncc[nH]1. The minimum atomic E-state index is -0.254. The first-order valence-electron chi connectivity index (χ1n) is 6.25. The minimum Gasteiger partial charge on any atom is -0.348 e. The number of aromatic nitrogens is 2. The van der Waals surface area contributed by atoms with Crippen molar-refractivity contribution >= 4 is 11.6 Å². The number of hydrogen-bond acceptors (Lipinski definition) is 1. The summed E-state index contributed by atoms with van der Waals surface area (Å²) in [6.45, 7) is 0. The molecule has 0 saturated carbocycles. The molecule has 20 heavy (non-hydrogen) atoms. The summed E-state index contributed by atoms with van der Waals surface area (Å²) in [6, 6.07) is 12.2. The first kappa shape index (κ1) is 12.9. The number of nitrogens with one attached hydrogen (secondary N) is 1. The fourth-order valence-electron chi connectivity index (χ4n) is 2.21. The van der Waals surface area contributed by atoms with Crippen LogP contribution in [0.4, 0.5) is 4.39 Å². The third kappa shape index (κ3) is 2.58. The normalized spacial score (nSPS) is 10.7. The van der Waals surface area contributed by atoms with Crippen LogP contribution in [0.15, 0.2) is 54.9 Å². The van der Waals surface area contributed by atoms with Gasteiger partial charge in [-0.25, -0.2) is 9.37 Å². The summed E-state index contributed by atoms with van der Waals surface area (Å²) in [4.78, 5) is 7.26. The number of hydrogen-bond donors (Lipinski definition) is 1. The van der Waals surface area contributed by atoms with Gasteiger partial charge in [0, 0.05) is 29.4 Å². The fraction of sp³-hybridized carbons (Fsp3) is 0.0625. The molecule has 0 unspecified atom stereocenters. The van der Waals surface area contributed by atoms with E-state index in [1.54, 1.807) is 30.6 Å². The lowest BCUT2D eigenvalue weighted by Gasteiger charge is -2.10. The van der Waals surface area contributed by atoms with Crippen molar-refractivity contribution < 1.29 is 4.39 Å². The highest BCUT2D eigenvalue weighted by atomic mass is 35.5. The van der Waals surface area contributed by atoms with Crippen molar-refractivity contribution in [3.8, 4) is 11.1 Å². The van der Waals surface area contributed by atoms with Gasteiger partial charge < -0.3 is 4.98 Å². The smallest absolute Gasteiger partial charge is 0.131 e. The molecule has 0 fully saturated rings. The second-order valence-corrected chi connectivity index (χ2v) is 4.93. The molecule has 100 valence electrons. The topological polar surface area (TPSA) is 28.7 Å². The third-order valence-electron chi connectivity index (χ3n) is 3.15. The monoisotopic (exact) mass is 286 g/mol. The molecular formula is C16H12ClFN2. The summed E-state index contributed by atoms with van der Waals surface area (Å²) in [6.07, 6.45) is 4.08. The van der Waals surface area contributed by atoms with Crippen molar-refractivity contribution in [1.29, 1.82) is 0 Å². The zero-order valence-corrected chi connectivity index (χ0v) is 11.4. The lowest BCUT2D eigenvalue weighted by molar-refractivity contribution is 0.631. The number of rotatable bonds is 3. The molecule has 0 saturated heterocycles. The van der Waals surface area contributed by atoms with E-state index in [1.807, 2.05) is 18.2 Å². The first-order chi connectivity index (χ1) is 9.74. The van der Waals surface area contributed by atoms with E-state index in [4.69, 9.17) is 11.6 Å². The van der Waals surface area contributed by atoms with Gasteiger partial charge >= 0.3 is 0 Å². The molecule has 0 aliphatic rings. The zero-order valence-electron chi connectivity index (χ0n) is 10.6. The second kappa shape index (κ2) is 5.47. The molecule has 0 bridgehead atoms. The van der Waals surface area contributed by atoms with Crippen LogP contribution in [0.5, 0.6) is 0 Å². The Kier molecular flexibility index (Phi) is 3.52. The van der Waals surface area contributed by atoms with Gasteiger partial charge in [0.05, 0.1) is 0 Å². The largest absolute Gasteiger partial charge is 0.348 e. The molecule has 1 heterocycles. The third-order valence-corrected chi connectivity index (χ3v) is 3.38. The van der Waals surface area contributed by atoms with E-state index >= 15 is 0 Å². The lowest BCUT2D eigenvalue weighted by Crippen LogP contribution is -1.95. The van der Waals surface area contributed by atoms with E-state index in [9.17, 15) is 4.39 Å². The Labute approximate surface area is 121 Å². The predicted octanol–water partition coefficient (Wildman–Crippen LogP) is 4.46. The molecule has 3 rings (SSSR count). The Bertz CT molecular complexity index is 723. The van der Waals surface area contributed by atoms with Crippen LogP contribution in [0.25, 0.3) is 11.1 Å². The molecule has 1 N–H and O–H groups in total. The average Bonchev–Trinajstić information content (AvgIpc) is 2.94. The Hall–Kier alpha value is -2.13. The minimum absolute atomic E-state index is 0.254. The van der Waals surface area contributed by atoms with Gasteiger partial charge in [-0.15, -0.1) is 0 Å². The number of benzene rings is 2. The molecule has 0 aliphatic carbocycles. The van der Waals surface area contributed by atoms with E-state index in [0.29, 0.717) is 17.0 Å². The van der Waals surface area contributed by atoms with Crippen molar-refractivity contribution in [2.45, 2.75) is 6.42 Å². The van der Waals surface area contributed by atoms with Crippen LogP contribution < -0.4 is 0 Å². The van der Waals surface area contributed by atoms with Gasteiger partial charge in [-0.1, -0.05) is 35.9 Å². The number of imidazole rings is 1. The standard InChI is InChI=1S/C16H12ClFN2/c17-12-6-5-11(9-16-19-7-8-20-16)14(10-12)13-3-1-2-4-15(13)18/h1-8,10H,9H2,(H,19,20). The Balaban J connectivity index is 2.09. The molecule has 0 spiro atoms. The maximum absolute atomic E-state index is 14.0. The predicted molar refractivity (Wildman–Crippen MR) is 78.2 cm³/mol. The van der Waals surface area contributed by atoms with Crippen molar-refractivity contribution in [2.24, 2.45) is 0 Å². The molecule has 1 aromatic heterocycles. The first-order valence-corrected chi connectivity index (χ1v) is 6.63. The summed E-state index contributed by atoms with van der Waals surface area (Å²) in [7, 11) is 0. The Morgan fingerprint density at radius 3 is 2.70 bits per heavy atom. The average molecular weight is 287 g/mol. The maximum atomic E-state index is 14.0. The molecule has 0 radical (unpaired) electrons. The van der Waals surface area contributed by atoms with Crippen LogP contribution in [0.3, 0.4) is 0 Å². The van der Waals surface area contributed by atoms with Crippen molar-refractivity contribution in [3.63, 3.8) is 0 Å². The number of nitrogens with zero attached hydrogens (tertiary/aromatic N) is 1. The van der Waals surface area contributed by atoms with Gasteiger partial charge in [0.25, 0.3) is 0 Å². The molecule has 3 aromatic rings. The zero-order chi connectivity index (χ0) is 13.9. The highest BCUT2D eigenvalue weighted by Gasteiger charge is 2.11. The van der Waals surface area contributed by atoms with Crippen LogP contribution in [0.2, 0.25) is 5.02 Å². The lowest BCUT2D eigenvalue weighted by atomic mass is 9.97. The molecule has 0 atom stereocenters. The van der Waals surface area contributed by atoms with Crippen LogP contribution in [0, 0.1) is 5.82 Å². The van der Waals surface area contributed by atoms with Gasteiger partial charge in [-0.2, -0.15) is 0 Å². The summed E-state index contributed by atoms with van der Waals surface area (Å²) in [5.74, 6) is 0.584. The Morgan fingerprint density at radius 2 is 1.95 bits per heavy atom. The van der Waals surface area contributed by atoms with E-state index in [0.717, 1.165) is 17.0 Å². The van der Waals surface area contributed by atoms with E-state index < -0.39 is 0 Å². The summed E-state index contributed by atoms with van der Waals surface area (Å²) in [5.41, 5.74) is 2.33. The van der Waals surface area contributed by atoms with Gasteiger partial charge in [-0.05, 0) is 29.3 Å². The van der Waals surface area contributed by atoms with Gasteiger partial charge in [0.2, 0.25) is 0 Å². The molecule has 2 nitrogen and oxygen atoms in total. The molecule has 0 amide bonds. The number of halogens is 2. The van der Waals surface area contributed by atoms with Gasteiger partial charge in [-0.3, -0.25) is 0 Å². The van der Waals surface area contributed by atoms with Gasteiger partial charge in [0.1, 0.15) is 11.6 Å². The Morgan fingerprint density at radius 1 is 1.10 bits per heavy atom. The fourth-order valence-corrected chi connectivity index (χ4v) is 2.38. The van der Waals surface area contributed by atoms with E-state index in [2.05, 4.69) is 9.97 Å². The second-order valence-electron chi connectivity index (χ2n) is 4.49. The molecule has 4 heteroatoms. The molecule has 0 aliphatic heterocycles. The highest BCUT2D eigenvalue weighted by molar-refractivity contribution is 6.30. The van der Waals surface area contributed by atoms with Crippen molar-refractivity contribution in [2.75, 3.05) is 0 Å². The van der Waals surface area contributed by atoms with Gasteiger partial charge in [0.15, 0.2) is 0 Å². The van der Waals surface area contributed by atoms with Crippen molar-refractivity contribution in [1.82, 2.24) is 9.97 Å². The number of H-pyrrole nitrogens is 1. The summed E-state index contributed by atoms with van der Waals surface area (Å²) < 4.78 is 14.0. The molecular weight excluding hydrogens is 275 g/mol. The summed E-state index contributed by atoms with van der Waals surface area (Å²) >= 11 is 6.06. The van der Waals surface area contributed by atoms with Crippen LogP contribution >= 0.6 is 11.6 Å². The van der Waals surface area contributed by atoms with E-state index in [1.165, 1.54) is 6.07 Å². The van der Waals surface area contributed by atoms with Crippen LogP contribution in [0.1, 0.15) is 11.4 Å². The molecule has 2 aromatic carbocycles. The number of aromatic amines is 1. The quantitative estimate of drug-likeness (QED) is 0.756. The van der Waals surface area contributed by atoms with E-state index in [-0.39, 0.29) is 5.82 Å². The maximum Gasteiger partial charge on any atom is 0.131 e. The van der Waals surface area contributed by atoms with Crippen LogP contribution in [-0.2, 0) is 6.42 Å².